The number of halogens is 1. The minimum Gasteiger partial charge on any atom is -0.356 e. The van der Waals surface area contributed by atoms with E-state index in [1.165, 1.54) is 6.07 Å². The van der Waals surface area contributed by atoms with E-state index in [-0.39, 0.29) is 11.7 Å². The fourth-order valence-electron chi connectivity index (χ4n) is 3.26. The number of amides is 1. The highest BCUT2D eigenvalue weighted by Gasteiger charge is 2.54. The van der Waals surface area contributed by atoms with Crippen LogP contribution in [0, 0.1) is 19.7 Å². The molecule has 1 aromatic heterocycles. The first-order valence-electron chi connectivity index (χ1n) is 8.61. The van der Waals surface area contributed by atoms with Crippen molar-refractivity contribution in [2.24, 2.45) is 0 Å². The fourth-order valence-corrected chi connectivity index (χ4v) is 3.26. The molecule has 4 nitrogen and oxygen atoms in total. The van der Waals surface area contributed by atoms with Gasteiger partial charge in [-0.2, -0.15) is 0 Å². The molecule has 0 aliphatic heterocycles. The van der Waals surface area contributed by atoms with Gasteiger partial charge in [-0.25, -0.2) is 4.39 Å². The number of rotatable bonds is 4. The molecule has 1 heterocycles. The molecule has 1 aliphatic rings. The quantitative estimate of drug-likeness (QED) is 0.737. The molecule has 0 saturated heterocycles. The normalized spacial score (nSPS) is 14.9. The maximum atomic E-state index is 14.0. The number of aromatic nitrogens is 1. The van der Waals surface area contributed by atoms with Gasteiger partial charge in [0.2, 0.25) is 5.91 Å². The predicted octanol–water partition coefficient (Wildman–Crippen LogP) is 4.77. The summed E-state index contributed by atoms with van der Waals surface area (Å²) >= 11 is 0. The van der Waals surface area contributed by atoms with Crippen molar-refractivity contribution < 1.29 is 13.7 Å². The van der Waals surface area contributed by atoms with Gasteiger partial charge in [0, 0.05) is 11.8 Å². The number of anilines is 1. The molecular weight excluding hydrogens is 331 g/mol. The van der Waals surface area contributed by atoms with Gasteiger partial charge in [0.1, 0.15) is 5.82 Å². The summed E-state index contributed by atoms with van der Waals surface area (Å²) in [4.78, 5) is 12.9. The average molecular weight is 350 g/mol. The van der Waals surface area contributed by atoms with E-state index >= 15 is 0 Å². The Bertz CT molecular complexity index is 969. The number of para-hydroxylation sites is 1. The summed E-state index contributed by atoms with van der Waals surface area (Å²) in [7, 11) is 0. The molecular formula is C21H19FN2O2. The van der Waals surface area contributed by atoms with E-state index < -0.39 is 5.41 Å². The Labute approximate surface area is 151 Å². The van der Waals surface area contributed by atoms with Crippen LogP contribution in [0.4, 0.5) is 10.1 Å². The van der Waals surface area contributed by atoms with Crippen LogP contribution in [0.2, 0.25) is 0 Å². The standard InChI is InChI=1S/C21H19FN2O2/c1-13-6-5-7-14(2)19(13)23-20(25)21(10-11-21)18-12-17(26-24-18)15-8-3-4-9-16(15)22/h3-9,12H,10-11H2,1-2H3,(H,23,25). The number of benzene rings is 2. The SMILES string of the molecule is Cc1cccc(C)c1NC(=O)C1(c2cc(-c3ccccc3F)on2)CC1. The molecule has 3 aromatic rings. The van der Waals surface area contributed by atoms with Crippen molar-refractivity contribution in [2.75, 3.05) is 5.32 Å². The van der Waals surface area contributed by atoms with Gasteiger partial charge in [0.25, 0.3) is 0 Å². The molecule has 0 unspecified atom stereocenters. The Morgan fingerprint density at radius 3 is 2.46 bits per heavy atom. The van der Waals surface area contributed by atoms with E-state index in [0.717, 1.165) is 16.8 Å². The largest absolute Gasteiger partial charge is 0.356 e. The van der Waals surface area contributed by atoms with Gasteiger partial charge in [-0.05, 0) is 49.9 Å². The second-order valence-electron chi connectivity index (χ2n) is 6.86. The minimum atomic E-state index is -0.693. The third-order valence-corrected chi connectivity index (χ3v) is 5.04. The summed E-state index contributed by atoms with van der Waals surface area (Å²) in [5.41, 5.74) is 3.07. The summed E-state index contributed by atoms with van der Waals surface area (Å²) in [6, 6.07) is 13.9. The number of nitrogens with zero attached hydrogens (tertiary/aromatic N) is 1. The van der Waals surface area contributed by atoms with Gasteiger partial charge in [-0.1, -0.05) is 35.5 Å². The van der Waals surface area contributed by atoms with E-state index in [2.05, 4.69) is 10.5 Å². The molecule has 4 rings (SSSR count). The Hall–Kier alpha value is -2.95. The maximum Gasteiger partial charge on any atom is 0.236 e. The van der Waals surface area contributed by atoms with Crippen LogP contribution in [0.5, 0.6) is 0 Å². The third kappa shape index (κ3) is 2.69. The smallest absolute Gasteiger partial charge is 0.236 e. The van der Waals surface area contributed by atoms with Crippen LogP contribution >= 0.6 is 0 Å². The van der Waals surface area contributed by atoms with Crippen molar-refractivity contribution >= 4 is 11.6 Å². The third-order valence-electron chi connectivity index (χ3n) is 5.04. The summed E-state index contributed by atoms with van der Waals surface area (Å²) in [5, 5.41) is 7.12. The Balaban J connectivity index is 1.62. The van der Waals surface area contributed by atoms with Gasteiger partial charge < -0.3 is 9.84 Å². The lowest BCUT2D eigenvalue weighted by Gasteiger charge is -2.16. The maximum absolute atomic E-state index is 14.0. The lowest BCUT2D eigenvalue weighted by Crippen LogP contribution is -2.28. The Morgan fingerprint density at radius 2 is 1.81 bits per heavy atom. The molecule has 1 fully saturated rings. The average Bonchev–Trinajstić information content (AvgIpc) is 3.29. The zero-order chi connectivity index (χ0) is 18.3. The van der Waals surface area contributed by atoms with Crippen LogP contribution < -0.4 is 5.32 Å². The van der Waals surface area contributed by atoms with Crippen molar-refractivity contribution in [3.63, 3.8) is 0 Å². The summed E-state index contributed by atoms with van der Waals surface area (Å²) in [6.07, 6.45) is 1.40. The van der Waals surface area contributed by atoms with Crippen molar-refractivity contribution in [2.45, 2.75) is 32.1 Å². The van der Waals surface area contributed by atoms with Gasteiger partial charge >= 0.3 is 0 Å². The second-order valence-corrected chi connectivity index (χ2v) is 6.86. The number of nitrogens with one attached hydrogen (secondary N) is 1. The Kier molecular flexibility index (Phi) is 3.87. The summed E-state index contributed by atoms with van der Waals surface area (Å²) < 4.78 is 19.3. The summed E-state index contributed by atoms with van der Waals surface area (Å²) in [6.45, 7) is 3.93. The molecule has 2 aromatic carbocycles. The molecule has 132 valence electrons. The van der Waals surface area contributed by atoms with Crippen LogP contribution in [0.3, 0.4) is 0 Å². The van der Waals surface area contributed by atoms with Gasteiger partial charge in [-0.3, -0.25) is 4.79 Å². The Morgan fingerprint density at radius 1 is 1.12 bits per heavy atom. The number of hydrogen-bond acceptors (Lipinski definition) is 3. The number of carbonyl (C=O) groups is 1. The van der Waals surface area contributed by atoms with E-state index in [4.69, 9.17) is 4.52 Å². The second kappa shape index (κ2) is 6.09. The molecule has 0 bridgehead atoms. The number of hydrogen-bond donors (Lipinski definition) is 1. The highest BCUT2D eigenvalue weighted by Crippen LogP contribution is 2.49. The zero-order valence-electron chi connectivity index (χ0n) is 14.7. The first-order chi connectivity index (χ1) is 12.5. The molecule has 0 spiro atoms. The lowest BCUT2D eigenvalue weighted by molar-refractivity contribution is -0.118. The molecule has 26 heavy (non-hydrogen) atoms. The van der Waals surface area contributed by atoms with Crippen LogP contribution in [0.1, 0.15) is 29.7 Å². The van der Waals surface area contributed by atoms with Crippen molar-refractivity contribution in [1.82, 2.24) is 5.16 Å². The highest BCUT2D eigenvalue weighted by atomic mass is 19.1. The van der Waals surface area contributed by atoms with Crippen LogP contribution in [-0.2, 0) is 10.2 Å². The molecule has 0 atom stereocenters. The highest BCUT2D eigenvalue weighted by molar-refractivity contribution is 6.02. The first-order valence-corrected chi connectivity index (χ1v) is 8.61. The monoisotopic (exact) mass is 350 g/mol. The van der Waals surface area contributed by atoms with Gasteiger partial charge in [0.15, 0.2) is 5.76 Å². The minimum absolute atomic E-state index is 0.0942. The van der Waals surface area contributed by atoms with E-state index in [9.17, 15) is 9.18 Å². The fraction of sp³-hybridized carbons (Fsp3) is 0.238. The van der Waals surface area contributed by atoms with Gasteiger partial charge in [-0.15, -0.1) is 0 Å². The van der Waals surface area contributed by atoms with E-state index in [1.54, 1.807) is 24.3 Å². The summed E-state index contributed by atoms with van der Waals surface area (Å²) in [5.74, 6) is -0.132. The topological polar surface area (TPSA) is 55.1 Å². The zero-order valence-corrected chi connectivity index (χ0v) is 14.7. The predicted molar refractivity (Wildman–Crippen MR) is 97.4 cm³/mol. The van der Waals surface area contributed by atoms with Gasteiger partial charge in [0.05, 0.1) is 16.7 Å². The van der Waals surface area contributed by atoms with Crippen LogP contribution in [-0.4, -0.2) is 11.1 Å². The molecule has 1 N–H and O–H groups in total. The van der Waals surface area contributed by atoms with Crippen LogP contribution in [0.15, 0.2) is 53.1 Å². The first kappa shape index (κ1) is 16.5. The van der Waals surface area contributed by atoms with Crippen molar-refractivity contribution in [3.05, 3.63) is 71.2 Å². The lowest BCUT2D eigenvalue weighted by atomic mass is 9.99. The van der Waals surface area contributed by atoms with E-state index in [1.807, 2.05) is 32.0 Å². The molecule has 1 aliphatic carbocycles. The van der Waals surface area contributed by atoms with Crippen molar-refractivity contribution in [3.8, 4) is 11.3 Å². The number of aryl methyl sites for hydroxylation is 2. The van der Waals surface area contributed by atoms with Crippen molar-refractivity contribution in [1.29, 1.82) is 0 Å². The van der Waals surface area contributed by atoms with E-state index in [0.29, 0.717) is 29.9 Å². The molecule has 5 heteroatoms. The van der Waals surface area contributed by atoms with Crippen LogP contribution in [0.25, 0.3) is 11.3 Å². The molecule has 1 saturated carbocycles. The molecule has 0 radical (unpaired) electrons. The molecule has 1 amide bonds. The number of carbonyl (C=O) groups excluding carboxylic acids is 1.